The Hall–Kier alpha value is -2.69. The first-order chi connectivity index (χ1) is 14.4. The van der Waals surface area contributed by atoms with Gasteiger partial charge >= 0.3 is 0 Å². The molecule has 5 nitrogen and oxygen atoms in total. The molecule has 1 aromatic heterocycles. The van der Waals surface area contributed by atoms with E-state index in [2.05, 4.69) is 33.8 Å². The monoisotopic (exact) mass is 413 g/mol. The number of aryl methyl sites for hydroxylation is 1. The number of unbranched alkanes of at least 4 members (excludes halogenated alkanes) is 1. The second-order valence-corrected chi connectivity index (χ2v) is 7.79. The number of ether oxygens (including phenoxy) is 3. The Bertz CT molecular complexity index is 965. The fourth-order valence-electron chi connectivity index (χ4n) is 3.17. The van der Waals surface area contributed by atoms with Gasteiger partial charge in [-0.15, -0.1) is 0 Å². The van der Waals surface area contributed by atoms with Crippen molar-refractivity contribution in [1.82, 2.24) is 4.57 Å². The molecule has 0 N–H and O–H groups in total. The molecule has 0 amide bonds. The molecule has 1 aromatic carbocycles. The minimum absolute atomic E-state index is 0.222. The van der Waals surface area contributed by atoms with Gasteiger partial charge in [0, 0.05) is 18.5 Å². The van der Waals surface area contributed by atoms with E-state index in [4.69, 9.17) is 14.2 Å². The molecule has 0 aliphatic rings. The van der Waals surface area contributed by atoms with Crippen molar-refractivity contribution in [2.45, 2.75) is 53.4 Å². The number of pyridine rings is 1. The Labute approximate surface area is 180 Å². The molecule has 0 unspecified atom stereocenters. The summed E-state index contributed by atoms with van der Waals surface area (Å²) in [6.45, 7) is 9.40. The van der Waals surface area contributed by atoms with Crippen LogP contribution < -0.4 is 19.8 Å². The highest BCUT2D eigenvalue weighted by Gasteiger charge is 2.18. The third kappa shape index (κ3) is 6.15. The van der Waals surface area contributed by atoms with E-state index in [-0.39, 0.29) is 11.3 Å². The Morgan fingerprint density at radius 1 is 1.10 bits per heavy atom. The third-order valence-corrected chi connectivity index (χ3v) is 5.00. The minimum atomic E-state index is -0.222. The summed E-state index contributed by atoms with van der Waals surface area (Å²) < 4.78 is 18.8. The van der Waals surface area contributed by atoms with Gasteiger partial charge in [-0.05, 0) is 58.2 Å². The Kier molecular flexibility index (Phi) is 9.03. The van der Waals surface area contributed by atoms with Gasteiger partial charge in [0.25, 0.3) is 5.56 Å². The van der Waals surface area contributed by atoms with Crippen LogP contribution in [-0.4, -0.2) is 24.9 Å². The van der Waals surface area contributed by atoms with Crippen molar-refractivity contribution in [2.75, 3.05) is 20.3 Å². The van der Waals surface area contributed by atoms with Crippen LogP contribution >= 0.6 is 0 Å². The lowest BCUT2D eigenvalue weighted by Gasteiger charge is -2.16. The molecule has 0 atom stereocenters. The molecule has 0 bridgehead atoms. The molecule has 30 heavy (non-hydrogen) atoms. The zero-order valence-electron chi connectivity index (χ0n) is 19.2. The maximum atomic E-state index is 12.9. The van der Waals surface area contributed by atoms with Gasteiger partial charge in [-0.25, -0.2) is 0 Å². The molecule has 0 fully saturated rings. The highest BCUT2D eigenvalue weighted by molar-refractivity contribution is 5.89. The quantitative estimate of drug-likeness (QED) is 0.345. The van der Waals surface area contributed by atoms with Crippen LogP contribution in [0.3, 0.4) is 0 Å². The molecular weight excluding hydrogens is 378 g/mol. The molecule has 1 heterocycles. The highest BCUT2D eigenvalue weighted by atomic mass is 16.5. The fraction of sp³-hybridized carbons (Fsp3) is 0.480. The normalized spacial score (nSPS) is 11.5. The predicted octanol–water partition coefficient (Wildman–Crippen LogP) is 5.80. The Balaban J connectivity index is 2.26. The van der Waals surface area contributed by atoms with Crippen LogP contribution in [0.2, 0.25) is 0 Å². The molecule has 0 aliphatic heterocycles. The first kappa shape index (κ1) is 23.6. The van der Waals surface area contributed by atoms with E-state index < -0.39 is 0 Å². The molecule has 2 rings (SSSR count). The topological polar surface area (TPSA) is 49.7 Å². The fourth-order valence-corrected chi connectivity index (χ4v) is 3.17. The van der Waals surface area contributed by atoms with E-state index in [1.807, 2.05) is 24.3 Å². The molecular formula is C25H35NO4. The van der Waals surface area contributed by atoms with E-state index in [1.165, 1.54) is 11.1 Å². The van der Waals surface area contributed by atoms with Crippen molar-refractivity contribution < 1.29 is 14.2 Å². The van der Waals surface area contributed by atoms with Crippen LogP contribution in [0.15, 0.2) is 46.3 Å². The van der Waals surface area contributed by atoms with E-state index in [0.29, 0.717) is 19.0 Å². The van der Waals surface area contributed by atoms with Gasteiger partial charge in [0.05, 0.1) is 19.2 Å². The van der Waals surface area contributed by atoms with Crippen molar-refractivity contribution >= 4 is 10.9 Å². The van der Waals surface area contributed by atoms with Gasteiger partial charge in [0.2, 0.25) is 5.75 Å². The second kappa shape index (κ2) is 11.5. The number of benzene rings is 1. The van der Waals surface area contributed by atoms with Gasteiger partial charge in [0.15, 0.2) is 5.75 Å². The van der Waals surface area contributed by atoms with Crippen LogP contribution in [-0.2, 0) is 7.05 Å². The lowest BCUT2D eigenvalue weighted by Crippen LogP contribution is -2.21. The van der Waals surface area contributed by atoms with E-state index in [0.717, 1.165) is 42.3 Å². The number of methoxy groups -OCH3 is 1. The zero-order valence-corrected chi connectivity index (χ0v) is 19.2. The van der Waals surface area contributed by atoms with Gasteiger partial charge in [0.1, 0.15) is 12.4 Å². The summed E-state index contributed by atoms with van der Waals surface area (Å²) in [7, 11) is 3.31. The Morgan fingerprint density at radius 3 is 2.53 bits per heavy atom. The molecule has 2 aromatic rings. The van der Waals surface area contributed by atoms with Gasteiger partial charge < -0.3 is 18.8 Å². The summed E-state index contributed by atoms with van der Waals surface area (Å²) in [6.07, 6.45) is 8.29. The van der Waals surface area contributed by atoms with Crippen LogP contribution in [0.4, 0.5) is 0 Å². The van der Waals surface area contributed by atoms with Crippen molar-refractivity contribution in [1.29, 1.82) is 0 Å². The average Bonchev–Trinajstić information content (AvgIpc) is 2.72. The van der Waals surface area contributed by atoms with Crippen LogP contribution in [0, 0.1) is 0 Å². The van der Waals surface area contributed by atoms with Crippen molar-refractivity contribution in [3.05, 3.63) is 51.9 Å². The van der Waals surface area contributed by atoms with E-state index in [1.54, 1.807) is 18.7 Å². The standard InChI is InChI=1S/C25H35NO4/c1-7-8-15-29-20-12-13-21-22(17-20)26(5)25(27)24(23(21)28-6)30-16-14-19(4)11-9-10-18(2)3/h10,12-14,17H,7-9,11,15-16H2,1-6H3/b19-14+. The minimum Gasteiger partial charge on any atom is -0.494 e. The molecule has 0 saturated carbocycles. The summed E-state index contributed by atoms with van der Waals surface area (Å²) >= 11 is 0. The highest BCUT2D eigenvalue weighted by Crippen LogP contribution is 2.34. The molecule has 0 spiro atoms. The summed E-state index contributed by atoms with van der Waals surface area (Å²) in [4.78, 5) is 12.9. The second-order valence-electron chi connectivity index (χ2n) is 7.79. The number of allylic oxidation sites excluding steroid dienone is 3. The number of fused-ring (bicyclic) bond motifs is 1. The summed E-state index contributed by atoms with van der Waals surface area (Å²) in [5.74, 6) is 1.45. The zero-order chi connectivity index (χ0) is 22.1. The van der Waals surface area contributed by atoms with E-state index >= 15 is 0 Å². The molecule has 0 saturated heterocycles. The van der Waals surface area contributed by atoms with Crippen LogP contribution in [0.1, 0.15) is 53.4 Å². The molecule has 0 aliphatic carbocycles. The first-order valence-electron chi connectivity index (χ1n) is 10.6. The number of nitrogens with zero attached hydrogens (tertiary/aromatic N) is 1. The summed E-state index contributed by atoms with van der Waals surface area (Å²) in [6, 6.07) is 5.70. The predicted molar refractivity (Wildman–Crippen MR) is 124 cm³/mol. The van der Waals surface area contributed by atoms with Crippen molar-refractivity contribution in [2.24, 2.45) is 7.05 Å². The van der Waals surface area contributed by atoms with Crippen LogP contribution in [0.25, 0.3) is 10.9 Å². The Morgan fingerprint density at radius 2 is 1.87 bits per heavy atom. The molecule has 164 valence electrons. The maximum Gasteiger partial charge on any atom is 0.297 e. The van der Waals surface area contributed by atoms with Gasteiger partial charge in [-0.3, -0.25) is 4.79 Å². The van der Waals surface area contributed by atoms with Crippen molar-refractivity contribution in [3.63, 3.8) is 0 Å². The van der Waals surface area contributed by atoms with Gasteiger partial charge in [-0.2, -0.15) is 0 Å². The van der Waals surface area contributed by atoms with E-state index in [9.17, 15) is 4.79 Å². The lowest BCUT2D eigenvalue weighted by molar-refractivity contribution is 0.309. The lowest BCUT2D eigenvalue weighted by atomic mass is 10.1. The van der Waals surface area contributed by atoms with Crippen LogP contribution in [0.5, 0.6) is 17.2 Å². The average molecular weight is 414 g/mol. The summed E-state index contributed by atoms with van der Waals surface area (Å²) in [5, 5.41) is 0.821. The number of hydrogen-bond donors (Lipinski definition) is 0. The SMILES string of the molecule is CCCCOc1ccc2c(OC)c(OC/C=C(\C)CCC=C(C)C)c(=O)n(C)c2c1. The molecule has 5 heteroatoms. The first-order valence-corrected chi connectivity index (χ1v) is 10.6. The smallest absolute Gasteiger partial charge is 0.297 e. The maximum absolute atomic E-state index is 12.9. The number of rotatable bonds is 11. The van der Waals surface area contributed by atoms with Gasteiger partial charge in [-0.1, -0.05) is 30.6 Å². The summed E-state index contributed by atoms with van der Waals surface area (Å²) in [5.41, 5.74) is 3.09. The largest absolute Gasteiger partial charge is 0.494 e. The molecule has 0 radical (unpaired) electrons. The van der Waals surface area contributed by atoms with Crippen molar-refractivity contribution in [3.8, 4) is 17.2 Å². The third-order valence-electron chi connectivity index (χ3n) is 5.00. The number of aromatic nitrogens is 1. The number of hydrogen-bond acceptors (Lipinski definition) is 4.